The summed E-state index contributed by atoms with van der Waals surface area (Å²) in [5.41, 5.74) is 4.32. The van der Waals surface area contributed by atoms with Gasteiger partial charge >= 0.3 is 0 Å². The molecule has 0 aliphatic heterocycles. The summed E-state index contributed by atoms with van der Waals surface area (Å²) in [6.45, 7) is 2.00. The smallest absolute Gasteiger partial charge is 0.254 e. The van der Waals surface area contributed by atoms with Gasteiger partial charge in [-0.3, -0.25) is 4.79 Å². The Hall–Kier alpha value is -2.15. The zero-order valence-electron chi connectivity index (χ0n) is 8.40. The number of carbonyl (C=O) groups excluding carboxylic acids is 1. The number of nitrogens with one attached hydrogen (secondary N) is 1. The average molecular weight is 201 g/mol. The van der Waals surface area contributed by atoms with E-state index >= 15 is 0 Å². The van der Waals surface area contributed by atoms with Crippen LogP contribution in [0.4, 0.5) is 0 Å². The van der Waals surface area contributed by atoms with Crippen molar-refractivity contribution in [3.05, 3.63) is 35.4 Å². The SMILES string of the molecule is Cc1ccc(/C=N/NC(=O)CC#N)cc1. The number of aryl methyl sites for hydroxylation is 1. The predicted octanol–water partition coefficient (Wildman–Crippen LogP) is 1.36. The summed E-state index contributed by atoms with van der Waals surface area (Å²) in [6, 6.07) is 9.45. The van der Waals surface area contributed by atoms with E-state index in [1.54, 1.807) is 6.07 Å². The van der Waals surface area contributed by atoms with Crippen LogP contribution < -0.4 is 5.43 Å². The zero-order chi connectivity index (χ0) is 11.1. The molecule has 0 heterocycles. The van der Waals surface area contributed by atoms with Crippen LogP contribution in [0.1, 0.15) is 17.5 Å². The van der Waals surface area contributed by atoms with Crippen LogP contribution >= 0.6 is 0 Å². The number of benzene rings is 1. The molecule has 1 amide bonds. The molecule has 1 aromatic rings. The molecule has 15 heavy (non-hydrogen) atoms. The molecule has 0 aromatic heterocycles. The van der Waals surface area contributed by atoms with Crippen LogP contribution in [0.3, 0.4) is 0 Å². The van der Waals surface area contributed by atoms with Crippen molar-refractivity contribution in [2.24, 2.45) is 5.10 Å². The van der Waals surface area contributed by atoms with Crippen LogP contribution in [-0.2, 0) is 4.79 Å². The van der Waals surface area contributed by atoms with E-state index in [0.717, 1.165) is 5.56 Å². The molecule has 1 rings (SSSR count). The minimum atomic E-state index is -0.402. The molecule has 0 saturated carbocycles. The van der Waals surface area contributed by atoms with E-state index in [4.69, 9.17) is 5.26 Å². The van der Waals surface area contributed by atoms with E-state index in [9.17, 15) is 4.79 Å². The van der Waals surface area contributed by atoms with E-state index in [1.807, 2.05) is 31.2 Å². The summed E-state index contributed by atoms with van der Waals surface area (Å²) < 4.78 is 0. The minimum Gasteiger partial charge on any atom is -0.272 e. The molecule has 0 aliphatic rings. The number of hydrazone groups is 1. The Morgan fingerprint density at radius 3 is 2.80 bits per heavy atom. The van der Waals surface area contributed by atoms with Crippen molar-refractivity contribution in [3.63, 3.8) is 0 Å². The maximum Gasteiger partial charge on any atom is 0.254 e. The van der Waals surface area contributed by atoms with Crippen molar-refractivity contribution >= 4 is 12.1 Å². The first-order valence-corrected chi connectivity index (χ1v) is 4.48. The van der Waals surface area contributed by atoms with E-state index in [-0.39, 0.29) is 6.42 Å². The molecule has 0 fully saturated rings. The third-order valence-electron chi connectivity index (χ3n) is 1.72. The molecule has 4 nitrogen and oxygen atoms in total. The average Bonchev–Trinajstić information content (AvgIpc) is 2.21. The summed E-state index contributed by atoms with van der Waals surface area (Å²) in [5.74, 6) is -0.402. The van der Waals surface area contributed by atoms with Gasteiger partial charge in [-0.15, -0.1) is 0 Å². The van der Waals surface area contributed by atoms with Gasteiger partial charge in [-0.2, -0.15) is 10.4 Å². The molecule has 76 valence electrons. The van der Waals surface area contributed by atoms with E-state index in [1.165, 1.54) is 11.8 Å². The molecule has 0 radical (unpaired) electrons. The summed E-state index contributed by atoms with van der Waals surface area (Å²) in [7, 11) is 0. The molecule has 0 atom stereocenters. The largest absolute Gasteiger partial charge is 0.272 e. The fraction of sp³-hybridized carbons (Fsp3) is 0.182. The van der Waals surface area contributed by atoms with Gasteiger partial charge < -0.3 is 0 Å². The molecule has 0 unspecified atom stereocenters. The maximum absolute atomic E-state index is 10.8. The van der Waals surface area contributed by atoms with E-state index < -0.39 is 5.91 Å². The topological polar surface area (TPSA) is 65.2 Å². The molecule has 0 bridgehead atoms. The lowest BCUT2D eigenvalue weighted by atomic mass is 10.2. The van der Waals surface area contributed by atoms with E-state index in [0.29, 0.717) is 0 Å². The van der Waals surface area contributed by atoms with Crippen molar-refractivity contribution < 1.29 is 4.79 Å². The summed E-state index contributed by atoms with van der Waals surface area (Å²) in [5, 5.41) is 11.9. The van der Waals surface area contributed by atoms with Crippen molar-refractivity contribution in [1.29, 1.82) is 5.26 Å². The first-order chi connectivity index (χ1) is 7.22. The zero-order valence-corrected chi connectivity index (χ0v) is 8.40. The normalized spacial score (nSPS) is 9.87. The molecule has 0 saturated heterocycles. The number of amides is 1. The third-order valence-corrected chi connectivity index (χ3v) is 1.72. The summed E-state index contributed by atoms with van der Waals surface area (Å²) in [4.78, 5) is 10.8. The Morgan fingerprint density at radius 2 is 2.20 bits per heavy atom. The lowest BCUT2D eigenvalue weighted by Crippen LogP contribution is -2.16. The highest BCUT2D eigenvalue weighted by Crippen LogP contribution is 1.99. The fourth-order valence-electron chi connectivity index (χ4n) is 0.943. The number of nitrogens with zero attached hydrogens (tertiary/aromatic N) is 2. The Labute approximate surface area is 88.2 Å². The Balaban J connectivity index is 2.48. The highest BCUT2D eigenvalue weighted by Gasteiger charge is 1.95. The highest BCUT2D eigenvalue weighted by molar-refractivity contribution is 5.83. The number of rotatable bonds is 3. The quantitative estimate of drug-likeness (QED) is 0.592. The van der Waals surface area contributed by atoms with Gasteiger partial charge in [0.25, 0.3) is 5.91 Å². The van der Waals surface area contributed by atoms with Crippen LogP contribution in [0.15, 0.2) is 29.4 Å². The minimum absolute atomic E-state index is 0.175. The lowest BCUT2D eigenvalue weighted by molar-refractivity contribution is -0.120. The van der Waals surface area contributed by atoms with Crippen molar-refractivity contribution in [2.45, 2.75) is 13.3 Å². The first kappa shape index (κ1) is 10.9. The van der Waals surface area contributed by atoms with Gasteiger partial charge in [-0.1, -0.05) is 29.8 Å². The Bertz CT molecular complexity index is 401. The Kier molecular flexibility index (Phi) is 4.05. The van der Waals surface area contributed by atoms with Gasteiger partial charge in [0, 0.05) is 0 Å². The molecule has 0 aliphatic carbocycles. The monoisotopic (exact) mass is 201 g/mol. The lowest BCUT2D eigenvalue weighted by Gasteiger charge is -1.95. The van der Waals surface area contributed by atoms with Crippen molar-refractivity contribution in [1.82, 2.24) is 5.43 Å². The maximum atomic E-state index is 10.8. The first-order valence-electron chi connectivity index (χ1n) is 4.48. The van der Waals surface area contributed by atoms with Crippen LogP contribution in [0.25, 0.3) is 0 Å². The highest BCUT2D eigenvalue weighted by atomic mass is 16.2. The van der Waals surface area contributed by atoms with Crippen molar-refractivity contribution in [2.75, 3.05) is 0 Å². The molecular formula is C11H11N3O. The van der Waals surface area contributed by atoms with Crippen molar-refractivity contribution in [3.8, 4) is 6.07 Å². The van der Waals surface area contributed by atoms with Gasteiger partial charge in [-0.25, -0.2) is 5.43 Å². The van der Waals surface area contributed by atoms with Crippen LogP contribution in [0, 0.1) is 18.3 Å². The van der Waals surface area contributed by atoms with Crippen LogP contribution in [-0.4, -0.2) is 12.1 Å². The van der Waals surface area contributed by atoms with Gasteiger partial charge in [0.1, 0.15) is 6.42 Å². The van der Waals surface area contributed by atoms with Gasteiger partial charge in [0.15, 0.2) is 0 Å². The summed E-state index contributed by atoms with van der Waals surface area (Å²) >= 11 is 0. The standard InChI is InChI=1S/C11H11N3O/c1-9-2-4-10(5-3-9)8-13-14-11(15)6-7-12/h2-5,8H,6H2,1H3,(H,14,15)/b13-8+. The number of nitriles is 1. The van der Waals surface area contributed by atoms with Gasteiger partial charge in [0.2, 0.25) is 0 Å². The summed E-state index contributed by atoms with van der Waals surface area (Å²) in [6.07, 6.45) is 1.36. The second-order valence-electron chi connectivity index (χ2n) is 3.04. The molecule has 4 heteroatoms. The molecule has 0 spiro atoms. The third kappa shape index (κ3) is 4.05. The molecule has 1 N–H and O–H groups in total. The fourth-order valence-corrected chi connectivity index (χ4v) is 0.943. The second kappa shape index (κ2) is 5.55. The molecule has 1 aromatic carbocycles. The van der Waals surface area contributed by atoms with Crippen LogP contribution in [0.2, 0.25) is 0 Å². The van der Waals surface area contributed by atoms with Gasteiger partial charge in [-0.05, 0) is 12.5 Å². The molecular weight excluding hydrogens is 190 g/mol. The Morgan fingerprint density at radius 1 is 1.53 bits per heavy atom. The predicted molar refractivity (Wildman–Crippen MR) is 57.1 cm³/mol. The number of hydrogen-bond acceptors (Lipinski definition) is 3. The van der Waals surface area contributed by atoms with E-state index in [2.05, 4.69) is 10.5 Å². The second-order valence-corrected chi connectivity index (χ2v) is 3.04. The number of carbonyl (C=O) groups is 1. The number of hydrogen-bond donors (Lipinski definition) is 1. The van der Waals surface area contributed by atoms with Crippen LogP contribution in [0.5, 0.6) is 0 Å². The van der Waals surface area contributed by atoms with Gasteiger partial charge in [0.05, 0.1) is 12.3 Å².